The van der Waals surface area contributed by atoms with Crippen LogP contribution < -0.4 is 5.32 Å². The van der Waals surface area contributed by atoms with Gasteiger partial charge in [0.25, 0.3) is 0 Å². The van der Waals surface area contributed by atoms with E-state index in [4.69, 9.17) is 5.11 Å². The van der Waals surface area contributed by atoms with Crippen LogP contribution in [0.1, 0.15) is 5.56 Å². The second-order valence-corrected chi connectivity index (χ2v) is 3.69. The van der Waals surface area contributed by atoms with Crippen molar-refractivity contribution in [1.82, 2.24) is 5.32 Å². The van der Waals surface area contributed by atoms with Gasteiger partial charge < -0.3 is 15.2 Å². The van der Waals surface area contributed by atoms with Crippen molar-refractivity contribution in [1.29, 1.82) is 0 Å². The van der Waals surface area contributed by atoms with Crippen LogP contribution in [0.5, 0.6) is 0 Å². The van der Waals surface area contributed by atoms with Crippen molar-refractivity contribution < 1.29 is 23.8 Å². The first-order chi connectivity index (χ1) is 8.54. The highest BCUT2D eigenvalue weighted by atomic mass is 19.1. The summed E-state index contributed by atoms with van der Waals surface area (Å²) in [6.07, 6.45) is -0.114. The maximum atomic E-state index is 13.4. The van der Waals surface area contributed by atoms with Crippen LogP contribution in [-0.4, -0.2) is 36.7 Å². The number of carbonyl (C=O) groups excluding carboxylic acids is 1. The monoisotopic (exact) mass is 255 g/mol. The summed E-state index contributed by atoms with van der Waals surface area (Å²) in [5, 5.41) is 11.2. The first-order valence-corrected chi connectivity index (χ1v) is 5.29. The number of carbonyl (C=O) groups is 2. The molecule has 0 heterocycles. The van der Waals surface area contributed by atoms with E-state index in [0.29, 0.717) is 0 Å². The Labute approximate surface area is 104 Å². The lowest BCUT2D eigenvalue weighted by molar-refractivity contribution is -0.142. The van der Waals surface area contributed by atoms with Gasteiger partial charge in [-0.05, 0) is 11.6 Å². The summed E-state index contributed by atoms with van der Waals surface area (Å²) >= 11 is 0. The number of benzene rings is 1. The average Bonchev–Trinajstić information content (AvgIpc) is 2.31. The Morgan fingerprint density at radius 1 is 1.44 bits per heavy atom. The van der Waals surface area contributed by atoms with Crippen LogP contribution in [0.25, 0.3) is 0 Å². The summed E-state index contributed by atoms with van der Waals surface area (Å²) < 4.78 is 17.9. The molecule has 0 bridgehead atoms. The Hall–Kier alpha value is -1.95. The number of methoxy groups -OCH3 is 1. The van der Waals surface area contributed by atoms with E-state index in [1.165, 1.54) is 25.3 Å². The van der Waals surface area contributed by atoms with Gasteiger partial charge in [-0.3, -0.25) is 4.79 Å². The largest absolute Gasteiger partial charge is 0.480 e. The quantitative estimate of drug-likeness (QED) is 0.779. The lowest BCUT2D eigenvalue weighted by Crippen LogP contribution is -2.43. The lowest BCUT2D eigenvalue weighted by atomic mass is 10.1. The van der Waals surface area contributed by atoms with Crippen molar-refractivity contribution in [2.24, 2.45) is 0 Å². The van der Waals surface area contributed by atoms with Gasteiger partial charge in [0.05, 0.1) is 0 Å². The molecule has 2 N–H and O–H groups in total. The van der Waals surface area contributed by atoms with Gasteiger partial charge in [0, 0.05) is 13.5 Å². The summed E-state index contributed by atoms with van der Waals surface area (Å²) in [6, 6.07) is 4.66. The van der Waals surface area contributed by atoms with E-state index < -0.39 is 23.7 Å². The van der Waals surface area contributed by atoms with Crippen molar-refractivity contribution in [2.45, 2.75) is 12.5 Å². The molecule has 1 aromatic rings. The van der Waals surface area contributed by atoms with E-state index in [1.54, 1.807) is 6.07 Å². The maximum absolute atomic E-state index is 13.4. The zero-order valence-electron chi connectivity index (χ0n) is 9.85. The minimum atomic E-state index is -1.22. The van der Waals surface area contributed by atoms with Gasteiger partial charge in [-0.15, -0.1) is 0 Å². The lowest BCUT2D eigenvalue weighted by Gasteiger charge is -2.14. The summed E-state index contributed by atoms with van der Waals surface area (Å²) in [5.41, 5.74) is 0.239. The van der Waals surface area contributed by atoms with Gasteiger partial charge in [-0.2, -0.15) is 0 Å². The van der Waals surface area contributed by atoms with E-state index in [-0.39, 0.29) is 18.6 Å². The van der Waals surface area contributed by atoms with Crippen molar-refractivity contribution in [3.63, 3.8) is 0 Å². The highest BCUT2D eigenvalue weighted by Crippen LogP contribution is 2.09. The molecule has 0 saturated carbocycles. The summed E-state index contributed by atoms with van der Waals surface area (Å²) in [4.78, 5) is 22.2. The molecule has 1 amide bonds. The number of halogens is 1. The third-order valence-electron chi connectivity index (χ3n) is 2.29. The van der Waals surface area contributed by atoms with E-state index in [2.05, 4.69) is 10.1 Å². The molecule has 6 heteroatoms. The zero-order valence-corrected chi connectivity index (χ0v) is 9.85. The van der Waals surface area contributed by atoms with E-state index in [9.17, 15) is 14.0 Å². The molecular weight excluding hydrogens is 241 g/mol. The molecule has 0 radical (unpaired) electrons. The van der Waals surface area contributed by atoms with Gasteiger partial charge in [0.2, 0.25) is 5.91 Å². The maximum Gasteiger partial charge on any atom is 0.326 e. The van der Waals surface area contributed by atoms with Crippen molar-refractivity contribution >= 4 is 11.9 Å². The zero-order chi connectivity index (χ0) is 13.5. The Morgan fingerprint density at radius 2 is 2.11 bits per heavy atom. The van der Waals surface area contributed by atoms with Gasteiger partial charge in [0.1, 0.15) is 18.5 Å². The second-order valence-electron chi connectivity index (χ2n) is 3.69. The molecule has 5 nitrogen and oxygen atoms in total. The van der Waals surface area contributed by atoms with Crippen LogP contribution in [0.2, 0.25) is 0 Å². The molecular formula is C12H14FNO4. The summed E-state index contributed by atoms with van der Waals surface area (Å²) in [5.74, 6) is -2.27. The Balaban J connectivity index is 2.72. The number of hydrogen-bond donors (Lipinski definition) is 2. The number of ether oxygens (including phenoxy) is 1. The Kier molecular flexibility index (Phi) is 5.26. The van der Waals surface area contributed by atoms with Gasteiger partial charge >= 0.3 is 5.97 Å². The van der Waals surface area contributed by atoms with E-state index in [0.717, 1.165) is 0 Å². The molecule has 1 atom stereocenters. The molecule has 0 saturated heterocycles. The van der Waals surface area contributed by atoms with Crippen LogP contribution in [0, 0.1) is 5.82 Å². The molecule has 0 aliphatic heterocycles. The highest BCUT2D eigenvalue weighted by molar-refractivity contribution is 5.84. The van der Waals surface area contributed by atoms with Crippen LogP contribution in [0.15, 0.2) is 24.3 Å². The predicted molar refractivity (Wildman–Crippen MR) is 61.5 cm³/mol. The van der Waals surface area contributed by atoms with Crippen LogP contribution in [-0.2, 0) is 20.7 Å². The molecule has 98 valence electrons. The van der Waals surface area contributed by atoms with Gasteiger partial charge in [-0.1, -0.05) is 18.2 Å². The fourth-order valence-electron chi connectivity index (χ4n) is 1.45. The number of hydrogen-bond acceptors (Lipinski definition) is 3. The SMILES string of the molecule is COCC(=O)N[C@@H](Cc1ccccc1F)C(=O)O. The summed E-state index contributed by atoms with van der Waals surface area (Å²) in [6.45, 7) is -0.235. The number of aliphatic carboxylic acids is 1. The molecule has 0 unspecified atom stereocenters. The molecule has 0 fully saturated rings. The van der Waals surface area contributed by atoms with E-state index >= 15 is 0 Å². The number of carboxylic acids is 1. The molecule has 0 aliphatic rings. The average molecular weight is 255 g/mol. The predicted octanol–water partition coefficient (Wildman–Crippen LogP) is 0.584. The molecule has 0 aliphatic carbocycles. The Bertz CT molecular complexity index is 436. The molecule has 1 rings (SSSR count). The number of rotatable bonds is 6. The first kappa shape index (κ1) is 14.1. The van der Waals surface area contributed by atoms with Crippen molar-refractivity contribution in [3.8, 4) is 0 Å². The Morgan fingerprint density at radius 3 is 2.67 bits per heavy atom. The minimum Gasteiger partial charge on any atom is -0.480 e. The van der Waals surface area contributed by atoms with E-state index in [1.807, 2.05) is 0 Å². The first-order valence-electron chi connectivity index (χ1n) is 5.29. The van der Waals surface area contributed by atoms with Crippen LogP contribution in [0.4, 0.5) is 4.39 Å². The topological polar surface area (TPSA) is 75.6 Å². The fraction of sp³-hybridized carbons (Fsp3) is 0.333. The number of nitrogens with one attached hydrogen (secondary N) is 1. The number of carboxylic acid groups (broad SMARTS) is 1. The summed E-state index contributed by atoms with van der Waals surface area (Å²) in [7, 11) is 1.33. The smallest absolute Gasteiger partial charge is 0.326 e. The standard InChI is InChI=1S/C12H14FNO4/c1-18-7-11(15)14-10(12(16)17)6-8-4-2-3-5-9(8)13/h2-5,10H,6-7H2,1H3,(H,14,15)(H,16,17)/t10-/m0/s1. The normalized spacial score (nSPS) is 11.9. The second kappa shape index (κ2) is 6.70. The van der Waals surface area contributed by atoms with Gasteiger partial charge in [0.15, 0.2) is 0 Å². The molecule has 18 heavy (non-hydrogen) atoms. The van der Waals surface area contributed by atoms with Crippen molar-refractivity contribution in [2.75, 3.05) is 13.7 Å². The third-order valence-corrected chi connectivity index (χ3v) is 2.29. The van der Waals surface area contributed by atoms with Gasteiger partial charge in [-0.25, -0.2) is 9.18 Å². The third kappa shape index (κ3) is 4.14. The highest BCUT2D eigenvalue weighted by Gasteiger charge is 2.21. The molecule has 0 aromatic heterocycles. The van der Waals surface area contributed by atoms with Crippen LogP contribution in [0.3, 0.4) is 0 Å². The van der Waals surface area contributed by atoms with Crippen molar-refractivity contribution in [3.05, 3.63) is 35.6 Å². The molecule has 1 aromatic carbocycles. The molecule has 0 spiro atoms. The number of amides is 1. The fourth-order valence-corrected chi connectivity index (χ4v) is 1.45. The minimum absolute atomic E-state index is 0.114. The van der Waals surface area contributed by atoms with Crippen LogP contribution >= 0.6 is 0 Å².